The lowest BCUT2D eigenvalue weighted by Gasteiger charge is -2.15. The fraction of sp³-hybridized carbons (Fsp3) is 0.345. The molecule has 4 aromatic rings. The summed E-state index contributed by atoms with van der Waals surface area (Å²) in [7, 11) is 0. The van der Waals surface area contributed by atoms with Crippen molar-refractivity contribution >= 4 is 44.9 Å². The lowest BCUT2D eigenvalue weighted by Crippen LogP contribution is -2.23. The highest BCUT2D eigenvalue weighted by atomic mass is 32.2. The first-order chi connectivity index (χ1) is 17.2. The number of para-hydroxylation sites is 1. The Hall–Kier alpha value is -2.90. The van der Waals surface area contributed by atoms with Crippen LogP contribution < -0.4 is 10.9 Å². The molecule has 0 aliphatic carbocycles. The van der Waals surface area contributed by atoms with Crippen molar-refractivity contribution in [3.63, 3.8) is 0 Å². The van der Waals surface area contributed by atoms with Gasteiger partial charge in [-0.3, -0.25) is 14.2 Å². The van der Waals surface area contributed by atoms with Gasteiger partial charge in [0, 0.05) is 10.6 Å². The molecule has 5 nitrogen and oxygen atoms in total. The Morgan fingerprint density at radius 3 is 2.53 bits per heavy atom. The minimum Gasteiger partial charge on any atom is -0.325 e. The van der Waals surface area contributed by atoms with E-state index in [2.05, 4.69) is 26.1 Å². The summed E-state index contributed by atoms with van der Waals surface area (Å²) in [5, 5.41) is 4.31. The quantitative estimate of drug-likeness (QED) is 0.203. The van der Waals surface area contributed by atoms with E-state index in [1.807, 2.05) is 57.2 Å². The number of benzene rings is 2. The molecule has 1 N–H and O–H groups in total. The van der Waals surface area contributed by atoms with Gasteiger partial charge in [-0.05, 0) is 80.5 Å². The highest BCUT2D eigenvalue weighted by Crippen LogP contribution is 2.31. The van der Waals surface area contributed by atoms with Crippen molar-refractivity contribution in [2.24, 2.45) is 0 Å². The van der Waals surface area contributed by atoms with Gasteiger partial charge in [0.25, 0.3) is 5.56 Å². The van der Waals surface area contributed by atoms with Crippen LogP contribution in [0.5, 0.6) is 0 Å². The van der Waals surface area contributed by atoms with Gasteiger partial charge >= 0.3 is 0 Å². The van der Waals surface area contributed by atoms with Gasteiger partial charge < -0.3 is 5.32 Å². The number of nitrogens with zero attached hydrogens (tertiary/aromatic N) is 2. The second-order valence-electron chi connectivity index (χ2n) is 9.18. The van der Waals surface area contributed by atoms with E-state index in [1.165, 1.54) is 16.6 Å². The molecule has 0 aliphatic rings. The van der Waals surface area contributed by atoms with Gasteiger partial charge in [0.05, 0.1) is 16.8 Å². The molecule has 1 amide bonds. The summed E-state index contributed by atoms with van der Waals surface area (Å²) in [6, 6.07) is 12.0. The van der Waals surface area contributed by atoms with Gasteiger partial charge in [-0.25, -0.2) is 4.98 Å². The van der Waals surface area contributed by atoms with E-state index >= 15 is 0 Å². The maximum Gasteiger partial charge on any atom is 0.267 e. The number of thioether (sulfide) groups is 1. The van der Waals surface area contributed by atoms with Crippen molar-refractivity contribution in [2.75, 3.05) is 11.1 Å². The van der Waals surface area contributed by atoms with Crippen molar-refractivity contribution < 1.29 is 4.79 Å². The highest BCUT2D eigenvalue weighted by Gasteiger charge is 2.20. The van der Waals surface area contributed by atoms with Crippen LogP contribution in [-0.2, 0) is 17.6 Å². The Balaban J connectivity index is 1.74. The van der Waals surface area contributed by atoms with Crippen LogP contribution in [-0.4, -0.2) is 21.2 Å². The third-order valence-corrected chi connectivity index (χ3v) is 8.78. The first-order valence-corrected chi connectivity index (χ1v) is 14.2. The average molecular weight is 520 g/mol. The maximum atomic E-state index is 13.9. The Morgan fingerprint density at radius 2 is 1.83 bits per heavy atom. The number of fused-ring (bicyclic) bond motifs is 1. The summed E-state index contributed by atoms with van der Waals surface area (Å²) in [6.07, 6.45) is 2.78. The van der Waals surface area contributed by atoms with E-state index in [0.29, 0.717) is 10.5 Å². The number of aromatic nitrogens is 2. The molecule has 36 heavy (non-hydrogen) atoms. The molecule has 0 spiro atoms. The van der Waals surface area contributed by atoms with Gasteiger partial charge in [-0.15, -0.1) is 11.3 Å². The van der Waals surface area contributed by atoms with Crippen LogP contribution in [0.25, 0.3) is 15.9 Å². The van der Waals surface area contributed by atoms with E-state index in [9.17, 15) is 9.59 Å². The van der Waals surface area contributed by atoms with Crippen LogP contribution in [0, 0.1) is 27.7 Å². The molecular formula is C29H33N3O2S2. The Labute approximate surface area is 221 Å². The van der Waals surface area contributed by atoms with Gasteiger partial charge in [-0.2, -0.15) is 0 Å². The summed E-state index contributed by atoms with van der Waals surface area (Å²) >= 11 is 2.89. The zero-order chi connectivity index (χ0) is 26.0. The van der Waals surface area contributed by atoms with Gasteiger partial charge in [0.15, 0.2) is 5.16 Å². The standard InChI is InChI=1S/C29H33N3O2S2/c1-7-10-23-20(6)25-27(36-23)31-29(32(28(25)34)22-14-13-17(3)19(5)15-22)35-16-24(33)30-26-18(4)11-9-12-21(26)8-2/h9,11-15H,7-8,10,16H2,1-6H3,(H,30,33). The summed E-state index contributed by atoms with van der Waals surface area (Å²) in [5.74, 6) is 0.0472. The monoisotopic (exact) mass is 519 g/mol. The van der Waals surface area contributed by atoms with E-state index in [4.69, 9.17) is 4.98 Å². The van der Waals surface area contributed by atoms with Crippen LogP contribution in [0.1, 0.15) is 53.0 Å². The zero-order valence-corrected chi connectivity index (χ0v) is 23.5. The molecule has 2 aromatic heterocycles. The number of thiophene rings is 1. The molecule has 4 rings (SSSR count). The number of carbonyl (C=O) groups excluding carboxylic acids is 1. The molecule has 0 fully saturated rings. The van der Waals surface area contributed by atoms with Crippen LogP contribution >= 0.6 is 23.1 Å². The summed E-state index contributed by atoms with van der Waals surface area (Å²) in [4.78, 5) is 33.7. The summed E-state index contributed by atoms with van der Waals surface area (Å²) in [5.41, 5.74) is 7.01. The van der Waals surface area contributed by atoms with Crippen molar-refractivity contribution in [1.29, 1.82) is 0 Å². The van der Waals surface area contributed by atoms with Gasteiger partial charge in [0.2, 0.25) is 5.91 Å². The Bertz CT molecular complexity index is 1500. The lowest BCUT2D eigenvalue weighted by atomic mass is 10.1. The third-order valence-electron chi connectivity index (χ3n) is 6.59. The first kappa shape index (κ1) is 26.2. The SMILES string of the molecule is CCCc1sc2nc(SCC(=O)Nc3c(C)cccc3CC)n(-c3ccc(C)c(C)c3)c(=O)c2c1C. The second kappa shape index (κ2) is 11.0. The van der Waals surface area contributed by atoms with Crippen molar-refractivity contribution in [3.8, 4) is 5.69 Å². The number of carbonyl (C=O) groups is 1. The maximum absolute atomic E-state index is 13.9. The number of hydrogen-bond acceptors (Lipinski definition) is 5. The van der Waals surface area contributed by atoms with Crippen LogP contribution in [0.3, 0.4) is 0 Å². The van der Waals surface area contributed by atoms with E-state index in [1.54, 1.807) is 15.9 Å². The van der Waals surface area contributed by atoms with E-state index in [-0.39, 0.29) is 17.2 Å². The molecule has 2 heterocycles. The lowest BCUT2D eigenvalue weighted by molar-refractivity contribution is -0.113. The minimum atomic E-state index is -0.112. The van der Waals surface area contributed by atoms with Crippen molar-refractivity contribution in [1.82, 2.24) is 9.55 Å². The first-order valence-electron chi connectivity index (χ1n) is 12.4. The molecule has 0 saturated heterocycles. The van der Waals surface area contributed by atoms with Gasteiger partial charge in [-0.1, -0.05) is 56.3 Å². The molecule has 188 valence electrons. The molecule has 0 atom stereocenters. The molecular weight excluding hydrogens is 486 g/mol. The summed E-state index contributed by atoms with van der Waals surface area (Å²) < 4.78 is 1.67. The highest BCUT2D eigenvalue weighted by molar-refractivity contribution is 7.99. The van der Waals surface area contributed by atoms with E-state index in [0.717, 1.165) is 63.3 Å². The smallest absolute Gasteiger partial charge is 0.267 e. The Kier molecular flexibility index (Phi) is 8.00. The minimum absolute atomic E-state index is 0.0746. The largest absolute Gasteiger partial charge is 0.325 e. The predicted octanol–water partition coefficient (Wildman–Crippen LogP) is 6.93. The molecule has 2 aromatic carbocycles. The Morgan fingerprint density at radius 1 is 1.06 bits per heavy atom. The van der Waals surface area contributed by atoms with Crippen molar-refractivity contribution in [2.45, 2.75) is 66.0 Å². The van der Waals surface area contributed by atoms with Crippen LogP contribution in [0.4, 0.5) is 5.69 Å². The topological polar surface area (TPSA) is 64.0 Å². The zero-order valence-electron chi connectivity index (χ0n) is 21.8. The fourth-order valence-electron chi connectivity index (χ4n) is 4.37. The molecule has 0 radical (unpaired) electrons. The number of nitrogens with one attached hydrogen (secondary N) is 1. The van der Waals surface area contributed by atoms with Crippen LogP contribution in [0.15, 0.2) is 46.3 Å². The average Bonchev–Trinajstić information content (AvgIpc) is 3.16. The van der Waals surface area contributed by atoms with Crippen molar-refractivity contribution in [3.05, 3.63) is 79.4 Å². The van der Waals surface area contributed by atoms with Gasteiger partial charge in [0.1, 0.15) is 4.83 Å². The van der Waals surface area contributed by atoms with Crippen LogP contribution in [0.2, 0.25) is 0 Å². The molecule has 0 bridgehead atoms. The predicted molar refractivity (Wildman–Crippen MR) is 153 cm³/mol. The second-order valence-corrected chi connectivity index (χ2v) is 11.2. The fourth-order valence-corrected chi connectivity index (χ4v) is 6.51. The third kappa shape index (κ3) is 5.13. The summed E-state index contributed by atoms with van der Waals surface area (Å²) in [6.45, 7) is 12.3. The molecule has 0 saturated carbocycles. The number of anilines is 1. The number of aryl methyl sites for hydroxylation is 6. The molecule has 0 aliphatic heterocycles. The molecule has 7 heteroatoms. The number of amides is 1. The number of rotatable bonds is 8. The number of hydrogen-bond donors (Lipinski definition) is 1. The normalized spacial score (nSPS) is 11.3. The van der Waals surface area contributed by atoms with E-state index < -0.39 is 0 Å². The molecule has 0 unspecified atom stereocenters.